The van der Waals surface area contributed by atoms with E-state index in [0.29, 0.717) is 13.1 Å². The van der Waals surface area contributed by atoms with Gasteiger partial charge in [0.05, 0.1) is 16.2 Å². The van der Waals surface area contributed by atoms with Gasteiger partial charge in [0, 0.05) is 25.0 Å². The highest BCUT2D eigenvalue weighted by Gasteiger charge is 2.18. The Morgan fingerprint density at radius 3 is 2.54 bits per heavy atom. The summed E-state index contributed by atoms with van der Waals surface area (Å²) in [5.74, 6) is -0.214. The van der Waals surface area contributed by atoms with E-state index in [0.717, 1.165) is 17.6 Å². The van der Waals surface area contributed by atoms with Gasteiger partial charge in [0.1, 0.15) is 0 Å². The highest BCUT2D eigenvalue weighted by molar-refractivity contribution is 7.90. The second-order valence-corrected chi connectivity index (χ2v) is 8.18. The first-order chi connectivity index (χ1) is 11.2. The van der Waals surface area contributed by atoms with Gasteiger partial charge in [-0.2, -0.15) is 5.10 Å². The third-order valence-corrected chi connectivity index (χ3v) is 4.89. The third kappa shape index (κ3) is 4.44. The van der Waals surface area contributed by atoms with Gasteiger partial charge in [-0.1, -0.05) is 19.1 Å². The van der Waals surface area contributed by atoms with Crippen molar-refractivity contribution in [3.8, 4) is 0 Å². The van der Waals surface area contributed by atoms with Crippen molar-refractivity contribution < 1.29 is 13.2 Å². The largest absolute Gasteiger partial charge is 0.352 e. The van der Waals surface area contributed by atoms with Crippen LogP contribution < -0.4 is 5.32 Å². The number of sulfone groups is 1. The smallest absolute Gasteiger partial charge is 0.252 e. The maximum Gasteiger partial charge on any atom is 0.252 e. The van der Waals surface area contributed by atoms with Crippen molar-refractivity contribution in [2.24, 2.45) is 5.92 Å². The molecule has 0 unspecified atom stereocenters. The molecule has 7 heteroatoms. The van der Waals surface area contributed by atoms with E-state index in [1.54, 1.807) is 12.1 Å². The number of nitrogens with zero attached hydrogens (tertiary/aromatic N) is 2. The van der Waals surface area contributed by atoms with Crippen molar-refractivity contribution >= 4 is 15.7 Å². The Bertz CT molecular complexity index is 841. The topological polar surface area (TPSA) is 81.1 Å². The lowest BCUT2D eigenvalue weighted by molar-refractivity contribution is 0.0943. The maximum atomic E-state index is 12.3. The number of hydrogen-bond donors (Lipinski definition) is 1. The summed E-state index contributed by atoms with van der Waals surface area (Å²) in [5, 5.41) is 7.22. The number of rotatable bonds is 6. The molecule has 0 bridgehead atoms. The predicted molar refractivity (Wildman–Crippen MR) is 92.8 cm³/mol. The number of aryl methyl sites for hydroxylation is 2. The minimum atomic E-state index is -3.44. The Balaban J connectivity index is 2.02. The molecule has 0 aliphatic heterocycles. The van der Waals surface area contributed by atoms with E-state index in [9.17, 15) is 13.2 Å². The molecule has 24 heavy (non-hydrogen) atoms. The number of amides is 1. The lowest BCUT2D eigenvalue weighted by atomic mass is 10.1. The molecule has 0 spiro atoms. The number of carbonyl (C=O) groups is 1. The second kappa shape index (κ2) is 7.17. The van der Waals surface area contributed by atoms with Gasteiger partial charge in [0.15, 0.2) is 9.84 Å². The second-order valence-electron chi connectivity index (χ2n) is 6.19. The van der Waals surface area contributed by atoms with Crippen LogP contribution in [-0.2, 0) is 16.4 Å². The molecule has 1 N–H and O–H groups in total. The fourth-order valence-electron chi connectivity index (χ4n) is 2.56. The summed E-state index contributed by atoms with van der Waals surface area (Å²) >= 11 is 0. The molecule has 0 aliphatic carbocycles. The van der Waals surface area contributed by atoms with Crippen molar-refractivity contribution in [3.63, 3.8) is 0 Å². The van der Waals surface area contributed by atoms with Crippen LogP contribution in [0.3, 0.4) is 0 Å². The van der Waals surface area contributed by atoms with Crippen LogP contribution in [-0.4, -0.2) is 36.9 Å². The summed E-state index contributed by atoms with van der Waals surface area (Å²) in [6, 6.07) is 8.25. The molecule has 1 heterocycles. The molecule has 0 aliphatic rings. The average Bonchev–Trinajstić information content (AvgIpc) is 2.81. The molecule has 0 fully saturated rings. The van der Waals surface area contributed by atoms with Crippen molar-refractivity contribution in [2.45, 2.75) is 32.2 Å². The number of aromatic nitrogens is 2. The quantitative estimate of drug-likeness (QED) is 0.864. The van der Waals surface area contributed by atoms with Gasteiger partial charge in [0.2, 0.25) is 0 Å². The van der Waals surface area contributed by atoms with Gasteiger partial charge < -0.3 is 5.32 Å². The fraction of sp³-hybridized carbons (Fsp3) is 0.412. The average molecular weight is 349 g/mol. The Morgan fingerprint density at radius 1 is 1.29 bits per heavy atom. The van der Waals surface area contributed by atoms with Gasteiger partial charge in [-0.3, -0.25) is 9.48 Å². The van der Waals surface area contributed by atoms with Crippen molar-refractivity contribution in [2.75, 3.05) is 12.8 Å². The lowest BCUT2D eigenvalue weighted by Crippen LogP contribution is -2.31. The molecule has 0 saturated carbocycles. The summed E-state index contributed by atoms with van der Waals surface area (Å²) < 4.78 is 25.5. The highest BCUT2D eigenvalue weighted by atomic mass is 32.2. The molecule has 1 amide bonds. The first-order valence-electron chi connectivity index (χ1n) is 7.77. The number of hydrogen-bond acceptors (Lipinski definition) is 4. The van der Waals surface area contributed by atoms with Crippen LogP contribution in [0.25, 0.3) is 0 Å². The molecule has 0 saturated heterocycles. The normalized spacial score (nSPS) is 12.8. The Hall–Kier alpha value is -2.15. The predicted octanol–water partition coefficient (Wildman–Crippen LogP) is 1.97. The summed E-state index contributed by atoms with van der Waals surface area (Å²) in [6.45, 7) is 7.08. The fourth-order valence-corrected chi connectivity index (χ4v) is 3.45. The van der Waals surface area contributed by atoms with E-state index in [1.807, 2.05) is 31.5 Å². The Kier molecular flexibility index (Phi) is 5.43. The molecular weight excluding hydrogens is 326 g/mol. The van der Waals surface area contributed by atoms with Gasteiger partial charge in [-0.15, -0.1) is 0 Å². The van der Waals surface area contributed by atoms with Crippen LogP contribution in [0, 0.1) is 19.8 Å². The highest BCUT2D eigenvalue weighted by Crippen LogP contribution is 2.15. The van der Waals surface area contributed by atoms with Crippen LogP contribution in [0.4, 0.5) is 0 Å². The lowest BCUT2D eigenvalue weighted by Gasteiger charge is -2.15. The monoisotopic (exact) mass is 349 g/mol. The first-order valence-corrected chi connectivity index (χ1v) is 9.66. The molecular formula is C17H23N3O3S. The zero-order valence-corrected chi connectivity index (χ0v) is 15.2. The van der Waals surface area contributed by atoms with E-state index in [4.69, 9.17) is 0 Å². The molecule has 1 aromatic heterocycles. The maximum absolute atomic E-state index is 12.3. The Morgan fingerprint density at radius 2 is 1.96 bits per heavy atom. The molecule has 0 radical (unpaired) electrons. The molecule has 130 valence electrons. The molecule has 6 nitrogen and oxygen atoms in total. The van der Waals surface area contributed by atoms with Crippen molar-refractivity contribution in [3.05, 3.63) is 47.3 Å². The van der Waals surface area contributed by atoms with E-state index >= 15 is 0 Å². The molecule has 2 rings (SSSR count). The van der Waals surface area contributed by atoms with Gasteiger partial charge in [-0.05, 0) is 38.0 Å². The SMILES string of the molecule is Cc1cc(C)n(C[C@H](C)CNC(=O)c2ccccc2S(C)(=O)=O)n1. The third-order valence-electron chi connectivity index (χ3n) is 3.73. The number of benzene rings is 1. The van der Waals surface area contributed by atoms with Crippen LogP contribution >= 0.6 is 0 Å². The number of carbonyl (C=O) groups excluding carboxylic acids is 1. The zero-order chi connectivity index (χ0) is 17.9. The first kappa shape index (κ1) is 18.2. The number of nitrogens with one attached hydrogen (secondary N) is 1. The summed E-state index contributed by atoms with van der Waals surface area (Å²) in [5.41, 5.74) is 2.22. The summed E-state index contributed by atoms with van der Waals surface area (Å²) in [7, 11) is -3.44. The Labute approximate surface area is 142 Å². The van der Waals surface area contributed by atoms with E-state index in [1.165, 1.54) is 12.1 Å². The van der Waals surface area contributed by atoms with Gasteiger partial charge >= 0.3 is 0 Å². The van der Waals surface area contributed by atoms with E-state index in [-0.39, 0.29) is 22.3 Å². The van der Waals surface area contributed by atoms with Gasteiger partial charge in [0.25, 0.3) is 5.91 Å². The van der Waals surface area contributed by atoms with E-state index < -0.39 is 9.84 Å². The van der Waals surface area contributed by atoms with E-state index in [2.05, 4.69) is 10.4 Å². The zero-order valence-electron chi connectivity index (χ0n) is 14.4. The summed E-state index contributed by atoms with van der Waals surface area (Å²) in [6.07, 6.45) is 1.10. The molecule has 2 aromatic rings. The molecule has 1 atom stereocenters. The van der Waals surface area contributed by atoms with Crippen LogP contribution in [0.15, 0.2) is 35.2 Å². The van der Waals surface area contributed by atoms with Crippen LogP contribution in [0.1, 0.15) is 28.7 Å². The van der Waals surface area contributed by atoms with Gasteiger partial charge in [-0.25, -0.2) is 8.42 Å². The minimum absolute atomic E-state index is 0.0497. The molecule has 1 aromatic carbocycles. The van der Waals surface area contributed by atoms with Crippen molar-refractivity contribution in [1.29, 1.82) is 0 Å². The standard InChI is InChI=1S/C17H23N3O3S/c1-12(11-20-14(3)9-13(2)19-20)10-18-17(21)15-7-5-6-8-16(15)24(4,22)23/h5-9,12H,10-11H2,1-4H3,(H,18,21)/t12-/m1/s1. The van der Waals surface area contributed by atoms with Crippen molar-refractivity contribution in [1.82, 2.24) is 15.1 Å². The van der Waals surface area contributed by atoms with Crippen LogP contribution in [0.2, 0.25) is 0 Å². The minimum Gasteiger partial charge on any atom is -0.352 e. The van der Waals surface area contributed by atoms with Crippen LogP contribution in [0.5, 0.6) is 0 Å². The summed E-state index contributed by atoms with van der Waals surface area (Å²) in [4.78, 5) is 12.4.